The molecule has 0 bridgehead atoms. The molecule has 0 aromatic rings. The quantitative estimate of drug-likeness (QED) is 0.635. The minimum absolute atomic E-state index is 0.370. The van der Waals surface area contributed by atoms with Crippen LogP contribution in [-0.2, 0) is 0 Å². The summed E-state index contributed by atoms with van der Waals surface area (Å²) in [5.41, 5.74) is 1.14. The molecule has 1 heterocycles. The first-order valence-corrected chi connectivity index (χ1v) is 5.52. The number of hydrogen-bond donors (Lipinski definition) is 1. The molecule has 1 aliphatic rings. The van der Waals surface area contributed by atoms with E-state index in [0.29, 0.717) is 18.6 Å². The van der Waals surface area contributed by atoms with Crippen LogP contribution in [0.4, 0.5) is 4.39 Å². The first kappa shape index (κ1) is 11.2. The lowest BCUT2D eigenvalue weighted by Gasteiger charge is -2.20. The van der Waals surface area contributed by atoms with Crippen LogP contribution in [0, 0.1) is 0 Å². The van der Waals surface area contributed by atoms with Gasteiger partial charge < -0.3 is 5.32 Å². The van der Waals surface area contributed by atoms with Crippen molar-refractivity contribution >= 4 is 22.9 Å². The van der Waals surface area contributed by atoms with Gasteiger partial charge in [0.1, 0.15) is 6.17 Å². The Kier molecular flexibility index (Phi) is 3.97. The van der Waals surface area contributed by atoms with Gasteiger partial charge in [-0.1, -0.05) is 0 Å². The maximum atomic E-state index is 12.6. The zero-order valence-electron chi connectivity index (χ0n) is 8.22. The molecule has 0 spiro atoms. The number of nitrogens with zero attached hydrogens (tertiary/aromatic N) is 1. The van der Waals surface area contributed by atoms with E-state index in [0.717, 1.165) is 5.70 Å². The third kappa shape index (κ3) is 2.80. The SMILES string of the molecule is CC(F)CNC1=C[C@@H](C)N(I)[C@H]1C. The highest BCUT2D eigenvalue weighted by Gasteiger charge is 2.26. The van der Waals surface area contributed by atoms with Crippen molar-refractivity contribution in [2.24, 2.45) is 0 Å². The van der Waals surface area contributed by atoms with Gasteiger partial charge in [-0.2, -0.15) is 0 Å². The average Bonchev–Trinajstić information content (AvgIpc) is 2.29. The second-order valence-corrected chi connectivity index (χ2v) is 4.66. The second kappa shape index (κ2) is 4.59. The van der Waals surface area contributed by atoms with E-state index in [1.54, 1.807) is 6.92 Å². The van der Waals surface area contributed by atoms with E-state index in [1.807, 2.05) is 0 Å². The van der Waals surface area contributed by atoms with Gasteiger partial charge in [-0.05, 0) is 26.8 Å². The van der Waals surface area contributed by atoms with E-state index in [2.05, 4.69) is 51.2 Å². The number of nitrogens with one attached hydrogen (secondary N) is 1. The van der Waals surface area contributed by atoms with Crippen molar-refractivity contribution in [3.63, 3.8) is 0 Å². The number of rotatable bonds is 3. The van der Waals surface area contributed by atoms with Crippen molar-refractivity contribution < 1.29 is 4.39 Å². The molecule has 0 radical (unpaired) electrons. The summed E-state index contributed by atoms with van der Waals surface area (Å²) in [7, 11) is 0. The Morgan fingerprint density at radius 2 is 2.31 bits per heavy atom. The van der Waals surface area contributed by atoms with Gasteiger partial charge >= 0.3 is 0 Å². The van der Waals surface area contributed by atoms with E-state index < -0.39 is 6.17 Å². The molecule has 0 saturated carbocycles. The Balaban J connectivity index is 2.47. The van der Waals surface area contributed by atoms with Gasteiger partial charge in [-0.3, -0.25) is 0 Å². The second-order valence-electron chi connectivity index (χ2n) is 3.54. The van der Waals surface area contributed by atoms with Gasteiger partial charge in [0.15, 0.2) is 0 Å². The number of hydrogen-bond acceptors (Lipinski definition) is 2. The lowest BCUT2D eigenvalue weighted by Crippen LogP contribution is -2.31. The smallest absolute Gasteiger partial charge is 0.114 e. The zero-order chi connectivity index (χ0) is 10.0. The van der Waals surface area contributed by atoms with Crippen molar-refractivity contribution in [2.75, 3.05) is 6.54 Å². The molecular formula is C9H16FIN2. The van der Waals surface area contributed by atoms with Crippen LogP contribution < -0.4 is 5.32 Å². The molecule has 3 atom stereocenters. The molecule has 1 N–H and O–H groups in total. The summed E-state index contributed by atoms with van der Waals surface area (Å²) in [4.78, 5) is 0. The van der Waals surface area contributed by atoms with Crippen LogP contribution in [-0.4, -0.2) is 27.9 Å². The van der Waals surface area contributed by atoms with E-state index in [-0.39, 0.29) is 0 Å². The summed E-state index contributed by atoms with van der Waals surface area (Å²) in [6.45, 7) is 6.24. The van der Waals surface area contributed by atoms with Gasteiger partial charge in [-0.15, -0.1) is 0 Å². The molecule has 0 aromatic carbocycles. The van der Waals surface area contributed by atoms with Gasteiger partial charge in [-0.25, -0.2) is 7.50 Å². The molecule has 0 aromatic heterocycles. The summed E-state index contributed by atoms with van der Waals surface area (Å²) in [5, 5.41) is 3.13. The minimum Gasteiger partial charge on any atom is -0.384 e. The largest absolute Gasteiger partial charge is 0.384 e. The molecule has 4 heteroatoms. The molecule has 1 rings (SSSR count). The fourth-order valence-electron chi connectivity index (χ4n) is 1.42. The summed E-state index contributed by atoms with van der Waals surface area (Å²) in [6, 6.07) is 0.808. The molecule has 76 valence electrons. The normalized spacial score (nSPS) is 31.6. The molecule has 0 aliphatic carbocycles. The lowest BCUT2D eigenvalue weighted by atomic mass is 10.2. The Hall–Kier alpha value is 0.160. The maximum Gasteiger partial charge on any atom is 0.114 e. The van der Waals surface area contributed by atoms with E-state index in [4.69, 9.17) is 0 Å². The standard InChI is InChI=1S/C9H16FIN2/c1-6(10)5-12-9-4-7(2)13(11)8(9)3/h4,6-8,12H,5H2,1-3H3/t6?,7-,8+/m1/s1. The van der Waals surface area contributed by atoms with Crippen LogP contribution in [0.2, 0.25) is 0 Å². The highest BCUT2D eigenvalue weighted by molar-refractivity contribution is 14.1. The molecule has 0 fully saturated rings. The fourth-order valence-corrected chi connectivity index (χ4v) is 1.88. The predicted octanol–water partition coefficient (Wildman–Crippen LogP) is 2.26. The predicted molar refractivity (Wildman–Crippen MR) is 61.4 cm³/mol. The average molecular weight is 298 g/mol. The summed E-state index contributed by atoms with van der Waals surface area (Å²) < 4.78 is 14.8. The highest BCUT2D eigenvalue weighted by Crippen LogP contribution is 2.25. The molecule has 13 heavy (non-hydrogen) atoms. The lowest BCUT2D eigenvalue weighted by molar-refractivity contribution is 0.347. The third-order valence-electron chi connectivity index (χ3n) is 2.22. The monoisotopic (exact) mass is 298 g/mol. The van der Waals surface area contributed by atoms with E-state index in [9.17, 15) is 4.39 Å². The molecule has 0 amide bonds. The van der Waals surface area contributed by atoms with Crippen LogP contribution >= 0.6 is 22.9 Å². The van der Waals surface area contributed by atoms with Crippen molar-refractivity contribution in [1.82, 2.24) is 8.43 Å². The molecule has 1 unspecified atom stereocenters. The van der Waals surface area contributed by atoms with Crippen molar-refractivity contribution in [2.45, 2.75) is 39.0 Å². The van der Waals surface area contributed by atoms with Crippen molar-refractivity contribution in [3.8, 4) is 0 Å². The molecule has 0 saturated heterocycles. The van der Waals surface area contributed by atoms with Gasteiger partial charge in [0, 0.05) is 41.1 Å². The van der Waals surface area contributed by atoms with Gasteiger partial charge in [0.05, 0.1) is 6.04 Å². The number of halogens is 2. The van der Waals surface area contributed by atoms with E-state index in [1.165, 1.54) is 0 Å². The molecule has 2 nitrogen and oxygen atoms in total. The van der Waals surface area contributed by atoms with Crippen LogP contribution in [0.25, 0.3) is 0 Å². The minimum atomic E-state index is -0.785. The molecule has 1 aliphatic heterocycles. The van der Waals surface area contributed by atoms with E-state index >= 15 is 0 Å². The number of alkyl halides is 1. The molecular weight excluding hydrogens is 282 g/mol. The summed E-state index contributed by atoms with van der Waals surface area (Å²) in [6.07, 6.45) is 1.37. The van der Waals surface area contributed by atoms with Gasteiger partial charge in [0.25, 0.3) is 0 Å². The maximum absolute atomic E-state index is 12.6. The topological polar surface area (TPSA) is 15.3 Å². The summed E-state index contributed by atoms with van der Waals surface area (Å²) >= 11 is 2.30. The highest BCUT2D eigenvalue weighted by atomic mass is 127. The Morgan fingerprint density at radius 3 is 2.69 bits per heavy atom. The van der Waals surface area contributed by atoms with Crippen LogP contribution in [0.15, 0.2) is 11.8 Å². The van der Waals surface area contributed by atoms with Crippen LogP contribution in [0.1, 0.15) is 20.8 Å². The third-order valence-corrected chi connectivity index (χ3v) is 3.93. The van der Waals surface area contributed by atoms with Crippen LogP contribution in [0.5, 0.6) is 0 Å². The van der Waals surface area contributed by atoms with Crippen molar-refractivity contribution in [1.29, 1.82) is 0 Å². The Morgan fingerprint density at radius 1 is 1.69 bits per heavy atom. The Labute approximate surface area is 93.1 Å². The van der Waals surface area contributed by atoms with Gasteiger partial charge in [0.2, 0.25) is 0 Å². The first-order valence-electron chi connectivity index (χ1n) is 4.56. The van der Waals surface area contributed by atoms with Crippen molar-refractivity contribution in [3.05, 3.63) is 11.8 Å². The summed E-state index contributed by atoms with van der Waals surface area (Å²) in [5.74, 6) is 0. The van der Waals surface area contributed by atoms with Crippen LogP contribution in [0.3, 0.4) is 0 Å². The Bertz CT molecular complexity index is 206. The first-order chi connectivity index (χ1) is 6.02. The zero-order valence-corrected chi connectivity index (χ0v) is 10.4. The fraction of sp³-hybridized carbons (Fsp3) is 0.778.